The van der Waals surface area contributed by atoms with Crippen molar-refractivity contribution in [1.82, 2.24) is 5.48 Å². The average molecular weight is 294 g/mol. The van der Waals surface area contributed by atoms with Gasteiger partial charge < -0.3 is 14.5 Å². The molecule has 0 unspecified atom stereocenters. The summed E-state index contributed by atoms with van der Waals surface area (Å²) in [4.78, 5) is 29.5. The third kappa shape index (κ3) is 6.65. The molecule has 0 aliphatic heterocycles. The van der Waals surface area contributed by atoms with Gasteiger partial charge in [-0.1, -0.05) is 12.1 Å². The van der Waals surface area contributed by atoms with Gasteiger partial charge in [-0.15, -0.1) is 5.48 Å². The van der Waals surface area contributed by atoms with Crippen molar-refractivity contribution in [3.63, 3.8) is 0 Å². The van der Waals surface area contributed by atoms with Gasteiger partial charge in [0.25, 0.3) is 0 Å². The lowest BCUT2D eigenvalue weighted by Crippen LogP contribution is -2.34. The van der Waals surface area contributed by atoms with Crippen molar-refractivity contribution in [2.75, 3.05) is 19.0 Å². The number of nitrogens with zero attached hydrogens (tertiary/aromatic N) is 1. The molecule has 1 N–H and O–H groups in total. The summed E-state index contributed by atoms with van der Waals surface area (Å²) in [6.45, 7) is 5.17. The minimum atomic E-state index is -0.793. The van der Waals surface area contributed by atoms with Crippen LogP contribution in [0.3, 0.4) is 0 Å². The maximum Gasteiger partial charge on any atom is 0.441 e. The molecule has 0 aromatic heterocycles. The van der Waals surface area contributed by atoms with Crippen LogP contribution in [-0.2, 0) is 20.8 Å². The number of hydrogen-bond acceptors (Lipinski definition) is 5. The highest BCUT2D eigenvalue weighted by Gasteiger charge is 2.17. The third-order valence-corrected chi connectivity index (χ3v) is 2.45. The van der Waals surface area contributed by atoms with Crippen LogP contribution in [0.5, 0.6) is 0 Å². The molecule has 0 spiro atoms. The van der Waals surface area contributed by atoms with Crippen LogP contribution in [0.25, 0.3) is 0 Å². The van der Waals surface area contributed by atoms with Gasteiger partial charge in [0.1, 0.15) is 5.60 Å². The molecule has 0 aliphatic rings. The molecule has 0 saturated heterocycles. The van der Waals surface area contributed by atoms with Crippen LogP contribution in [0.1, 0.15) is 26.3 Å². The molecular weight excluding hydrogens is 272 g/mol. The predicted molar refractivity (Wildman–Crippen MR) is 79.9 cm³/mol. The molecule has 0 bridgehead atoms. The number of rotatable bonds is 3. The second kappa shape index (κ2) is 6.97. The molecule has 0 atom stereocenters. The fourth-order valence-electron chi connectivity index (χ4n) is 1.51. The zero-order valence-corrected chi connectivity index (χ0v) is 13.1. The molecule has 1 amide bonds. The van der Waals surface area contributed by atoms with E-state index < -0.39 is 17.7 Å². The standard InChI is InChI=1S/C15H22N2O4/c1-15(2,3)20-14(19)16-21-13(18)10-11-6-8-12(9-7-11)17(4)5/h6-9H,10H2,1-5H3,(H,16,19). The molecule has 6 heteroatoms. The molecule has 0 aliphatic carbocycles. The zero-order valence-electron chi connectivity index (χ0n) is 13.1. The zero-order chi connectivity index (χ0) is 16.0. The predicted octanol–water partition coefficient (Wildman–Crippen LogP) is 2.28. The Morgan fingerprint density at radius 1 is 1.14 bits per heavy atom. The molecule has 0 fully saturated rings. The number of hydrogen-bond donors (Lipinski definition) is 1. The van der Waals surface area contributed by atoms with Crippen molar-refractivity contribution in [1.29, 1.82) is 0 Å². The van der Waals surface area contributed by atoms with Crippen LogP contribution in [0.2, 0.25) is 0 Å². The van der Waals surface area contributed by atoms with E-state index in [0.29, 0.717) is 0 Å². The summed E-state index contributed by atoms with van der Waals surface area (Å²) in [6.07, 6.45) is -0.720. The van der Waals surface area contributed by atoms with Gasteiger partial charge in [0.05, 0.1) is 6.42 Å². The maximum atomic E-state index is 11.6. The second-order valence-electron chi connectivity index (χ2n) is 5.82. The Morgan fingerprint density at radius 3 is 2.19 bits per heavy atom. The van der Waals surface area contributed by atoms with E-state index in [1.807, 2.05) is 48.7 Å². The summed E-state index contributed by atoms with van der Waals surface area (Å²) >= 11 is 0. The molecular formula is C15H22N2O4. The number of carbonyl (C=O) groups excluding carboxylic acids is 2. The van der Waals surface area contributed by atoms with E-state index in [0.717, 1.165) is 11.3 Å². The van der Waals surface area contributed by atoms with E-state index >= 15 is 0 Å². The number of nitrogens with one attached hydrogen (secondary N) is 1. The highest BCUT2D eigenvalue weighted by molar-refractivity contribution is 5.75. The molecule has 0 saturated carbocycles. The molecule has 21 heavy (non-hydrogen) atoms. The van der Waals surface area contributed by atoms with Gasteiger partial charge in [-0.25, -0.2) is 9.59 Å². The van der Waals surface area contributed by atoms with Crippen LogP contribution in [0.4, 0.5) is 10.5 Å². The van der Waals surface area contributed by atoms with Crippen molar-refractivity contribution < 1.29 is 19.2 Å². The largest absolute Gasteiger partial charge is 0.442 e. The van der Waals surface area contributed by atoms with Crippen molar-refractivity contribution in [2.45, 2.75) is 32.8 Å². The molecule has 1 aromatic rings. The normalized spacial score (nSPS) is 10.7. The number of benzene rings is 1. The van der Waals surface area contributed by atoms with E-state index in [1.54, 1.807) is 20.8 Å². The van der Waals surface area contributed by atoms with Gasteiger partial charge in [0.15, 0.2) is 0 Å². The SMILES string of the molecule is CN(C)c1ccc(CC(=O)ONC(=O)OC(C)(C)C)cc1. The number of carbonyl (C=O) groups is 2. The van der Waals surface area contributed by atoms with Gasteiger partial charge in [-0.2, -0.15) is 0 Å². The van der Waals surface area contributed by atoms with Gasteiger partial charge in [-0.05, 0) is 38.5 Å². The highest BCUT2D eigenvalue weighted by atomic mass is 16.7. The summed E-state index contributed by atoms with van der Waals surface area (Å²) in [7, 11) is 3.88. The Kier molecular flexibility index (Phi) is 5.58. The lowest BCUT2D eigenvalue weighted by molar-refractivity contribution is -0.149. The van der Waals surface area contributed by atoms with Gasteiger partial charge in [0, 0.05) is 19.8 Å². The van der Waals surface area contributed by atoms with Crippen molar-refractivity contribution in [3.05, 3.63) is 29.8 Å². The summed E-state index contributed by atoms with van der Waals surface area (Å²) in [6, 6.07) is 7.49. The van der Waals surface area contributed by atoms with Crippen LogP contribution < -0.4 is 10.4 Å². The smallest absolute Gasteiger partial charge is 0.441 e. The van der Waals surface area contributed by atoms with E-state index in [2.05, 4.69) is 4.84 Å². The molecule has 1 aromatic carbocycles. The molecule has 0 radical (unpaired) electrons. The topological polar surface area (TPSA) is 67.9 Å². The van der Waals surface area contributed by atoms with Gasteiger partial charge >= 0.3 is 12.1 Å². The minimum Gasteiger partial charge on any atom is -0.442 e. The average Bonchev–Trinajstić information content (AvgIpc) is 2.35. The summed E-state index contributed by atoms with van der Waals surface area (Å²) < 4.78 is 4.95. The van der Waals surface area contributed by atoms with Crippen LogP contribution in [-0.4, -0.2) is 31.8 Å². The molecule has 116 valence electrons. The first-order valence-electron chi connectivity index (χ1n) is 6.62. The van der Waals surface area contributed by atoms with E-state index in [9.17, 15) is 9.59 Å². The van der Waals surface area contributed by atoms with Gasteiger partial charge in [-0.3, -0.25) is 0 Å². The lowest BCUT2D eigenvalue weighted by atomic mass is 10.1. The van der Waals surface area contributed by atoms with Crippen molar-refractivity contribution in [2.24, 2.45) is 0 Å². The first-order valence-corrected chi connectivity index (χ1v) is 6.62. The fraction of sp³-hybridized carbons (Fsp3) is 0.467. The monoisotopic (exact) mass is 294 g/mol. The second-order valence-corrected chi connectivity index (χ2v) is 5.82. The lowest BCUT2D eigenvalue weighted by Gasteiger charge is -2.19. The summed E-state index contributed by atoms with van der Waals surface area (Å²) in [5, 5.41) is 0. The van der Waals surface area contributed by atoms with E-state index in [1.165, 1.54) is 0 Å². The number of hydroxylamine groups is 1. The Hall–Kier alpha value is -2.24. The summed E-state index contributed by atoms with van der Waals surface area (Å²) in [5.74, 6) is -0.557. The van der Waals surface area contributed by atoms with Crippen molar-refractivity contribution in [3.8, 4) is 0 Å². The Bertz CT molecular complexity index is 489. The van der Waals surface area contributed by atoms with E-state index in [-0.39, 0.29) is 6.42 Å². The number of anilines is 1. The Labute approximate surface area is 125 Å². The molecule has 0 heterocycles. The summed E-state index contributed by atoms with van der Waals surface area (Å²) in [5.41, 5.74) is 3.17. The first kappa shape index (κ1) is 16.8. The van der Waals surface area contributed by atoms with Crippen molar-refractivity contribution >= 4 is 17.7 Å². The van der Waals surface area contributed by atoms with E-state index in [4.69, 9.17) is 4.74 Å². The molecule has 1 rings (SSSR count). The third-order valence-electron chi connectivity index (χ3n) is 2.45. The maximum absolute atomic E-state index is 11.6. The number of ether oxygens (including phenoxy) is 1. The molecule has 6 nitrogen and oxygen atoms in total. The fourth-order valence-corrected chi connectivity index (χ4v) is 1.51. The van der Waals surface area contributed by atoms with Crippen LogP contribution in [0.15, 0.2) is 24.3 Å². The van der Waals surface area contributed by atoms with Gasteiger partial charge in [0.2, 0.25) is 0 Å². The highest BCUT2D eigenvalue weighted by Crippen LogP contribution is 2.12. The first-order chi connectivity index (χ1) is 9.67. The van der Waals surface area contributed by atoms with Crippen LogP contribution in [0, 0.1) is 0 Å². The van der Waals surface area contributed by atoms with Crippen LogP contribution >= 0.6 is 0 Å². The quantitative estimate of drug-likeness (QED) is 0.866. The minimum absolute atomic E-state index is 0.0729. The number of amides is 1. The Balaban J connectivity index is 2.42. The Morgan fingerprint density at radius 2 is 1.71 bits per heavy atom.